The predicted octanol–water partition coefficient (Wildman–Crippen LogP) is 2.63. The van der Waals surface area contributed by atoms with Gasteiger partial charge in [0.25, 0.3) is 0 Å². The fraction of sp³-hybridized carbons (Fsp3) is 0.300. The summed E-state index contributed by atoms with van der Waals surface area (Å²) in [5.41, 5.74) is 0.767. The Morgan fingerprint density at radius 3 is 2.73 bits per heavy atom. The number of ether oxygens (including phenoxy) is 1. The van der Waals surface area contributed by atoms with Gasteiger partial charge in [-0.1, -0.05) is 12.1 Å². The quantitative estimate of drug-likeness (QED) is 0.674. The van der Waals surface area contributed by atoms with Gasteiger partial charge in [0.1, 0.15) is 6.29 Å². The lowest BCUT2D eigenvalue weighted by Gasteiger charge is -2.14. The maximum Gasteiger partial charge on any atom is 0.418 e. The second-order valence-electron chi connectivity index (χ2n) is 3.31. The van der Waals surface area contributed by atoms with Crippen LogP contribution < -0.4 is 0 Å². The molecule has 0 aromatic heterocycles. The Hall–Kier alpha value is -1.36. The highest BCUT2D eigenvalue weighted by Crippen LogP contribution is 2.42. The normalized spacial score (nSPS) is 20.1. The minimum atomic E-state index is -4.42. The summed E-state index contributed by atoms with van der Waals surface area (Å²) in [5, 5.41) is 0. The first-order valence-corrected chi connectivity index (χ1v) is 4.28. The number of benzene rings is 1. The van der Waals surface area contributed by atoms with Crippen molar-refractivity contribution in [2.24, 2.45) is 0 Å². The molecule has 0 amide bonds. The molecule has 2 nitrogen and oxygen atoms in total. The number of halogens is 3. The Labute approximate surface area is 83.7 Å². The van der Waals surface area contributed by atoms with Crippen LogP contribution in [0.4, 0.5) is 13.2 Å². The van der Waals surface area contributed by atoms with Crippen LogP contribution in [0.25, 0.3) is 0 Å². The molecule has 80 valence electrons. The minimum absolute atomic E-state index is 0.0482. The van der Waals surface area contributed by atoms with E-state index in [0.29, 0.717) is 11.8 Å². The fourth-order valence-corrected chi connectivity index (χ4v) is 1.60. The highest BCUT2D eigenvalue weighted by Gasteiger charge is 2.45. The Morgan fingerprint density at radius 1 is 1.40 bits per heavy atom. The van der Waals surface area contributed by atoms with Crippen molar-refractivity contribution in [2.75, 3.05) is 0 Å². The molecule has 1 aliphatic heterocycles. The zero-order chi connectivity index (χ0) is 11.1. The van der Waals surface area contributed by atoms with Gasteiger partial charge in [-0.15, -0.1) is 0 Å². The summed E-state index contributed by atoms with van der Waals surface area (Å²) in [6, 6.07) is 4.20. The first-order chi connectivity index (χ1) is 7.02. The number of carbonyl (C=O) groups is 1. The third-order valence-electron chi connectivity index (χ3n) is 2.29. The predicted molar refractivity (Wildman–Crippen MR) is 45.4 cm³/mol. The Morgan fingerprint density at radius 2 is 2.13 bits per heavy atom. The van der Waals surface area contributed by atoms with Gasteiger partial charge in [0, 0.05) is 5.56 Å². The number of rotatable bonds is 1. The van der Waals surface area contributed by atoms with Crippen LogP contribution in [0.1, 0.15) is 27.6 Å². The van der Waals surface area contributed by atoms with Crippen LogP contribution in [0, 0.1) is 0 Å². The van der Waals surface area contributed by atoms with E-state index in [1.807, 2.05) is 0 Å². The molecule has 1 unspecified atom stereocenters. The van der Waals surface area contributed by atoms with Gasteiger partial charge in [0.2, 0.25) is 0 Å². The Kier molecular flexibility index (Phi) is 2.26. The van der Waals surface area contributed by atoms with Crippen LogP contribution in [0.3, 0.4) is 0 Å². The van der Waals surface area contributed by atoms with E-state index in [9.17, 15) is 18.0 Å². The highest BCUT2D eigenvalue weighted by molar-refractivity contribution is 5.75. The third-order valence-corrected chi connectivity index (χ3v) is 2.29. The lowest BCUT2D eigenvalue weighted by atomic mass is 10.0. The van der Waals surface area contributed by atoms with Crippen molar-refractivity contribution in [3.63, 3.8) is 0 Å². The van der Waals surface area contributed by atoms with Crippen molar-refractivity contribution in [2.45, 2.75) is 18.9 Å². The molecule has 0 saturated carbocycles. The number of alkyl halides is 3. The summed E-state index contributed by atoms with van der Waals surface area (Å²) in [4.78, 5) is 10.4. The molecular formula is C10H7F3O2. The van der Waals surface area contributed by atoms with E-state index in [1.165, 1.54) is 18.2 Å². The first kappa shape index (κ1) is 10.2. The largest absolute Gasteiger partial charge is 0.418 e. The zero-order valence-corrected chi connectivity index (χ0v) is 7.54. The zero-order valence-electron chi connectivity index (χ0n) is 7.54. The number of hydrogen-bond donors (Lipinski definition) is 0. The first-order valence-electron chi connectivity index (χ1n) is 4.28. The molecule has 1 atom stereocenters. The molecule has 1 aromatic carbocycles. The molecule has 0 fully saturated rings. The van der Waals surface area contributed by atoms with Crippen LogP contribution in [0.5, 0.6) is 0 Å². The van der Waals surface area contributed by atoms with E-state index in [4.69, 9.17) is 0 Å². The van der Waals surface area contributed by atoms with Crippen LogP contribution in [-0.2, 0) is 11.3 Å². The molecule has 0 spiro atoms. The van der Waals surface area contributed by atoms with Crippen molar-refractivity contribution < 1.29 is 22.7 Å². The third kappa shape index (κ3) is 1.74. The van der Waals surface area contributed by atoms with Gasteiger partial charge in [-0.25, -0.2) is 0 Å². The maximum absolute atomic E-state index is 12.5. The van der Waals surface area contributed by atoms with Gasteiger partial charge in [-0.05, 0) is 17.2 Å². The van der Waals surface area contributed by atoms with E-state index in [1.54, 1.807) is 0 Å². The lowest BCUT2D eigenvalue weighted by molar-refractivity contribution is -0.219. The summed E-state index contributed by atoms with van der Waals surface area (Å²) >= 11 is 0. The summed E-state index contributed by atoms with van der Waals surface area (Å²) < 4.78 is 42.0. The number of fused-ring (bicyclic) bond motifs is 1. The highest BCUT2D eigenvalue weighted by atomic mass is 19.4. The summed E-state index contributed by atoms with van der Waals surface area (Å²) in [7, 11) is 0. The van der Waals surface area contributed by atoms with Gasteiger partial charge in [-0.3, -0.25) is 4.79 Å². The minimum Gasteiger partial charge on any atom is -0.359 e. The molecule has 0 N–H and O–H groups in total. The molecule has 5 heteroatoms. The van der Waals surface area contributed by atoms with Crippen LogP contribution in [-0.4, -0.2) is 12.5 Å². The molecule has 0 bridgehead atoms. The van der Waals surface area contributed by atoms with Gasteiger partial charge < -0.3 is 4.74 Å². The molecule has 0 aliphatic carbocycles. The van der Waals surface area contributed by atoms with E-state index in [0.717, 1.165) is 0 Å². The molecule has 0 saturated heterocycles. The van der Waals surface area contributed by atoms with Crippen molar-refractivity contribution in [3.05, 3.63) is 34.9 Å². The lowest BCUT2D eigenvalue weighted by Crippen LogP contribution is -2.19. The number of carbonyl (C=O) groups excluding carboxylic acids is 1. The number of hydrogen-bond acceptors (Lipinski definition) is 2. The van der Waals surface area contributed by atoms with Gasteiger partial charge in [0.15, 0.2) is 6.10 Å². The van der Waals surface area contributed by atoms with Crippen molar-refractivity contribution in [1.82, 2.24) is 0 Å². The molecule has 1 aromatic rings. The fourth-order valence-electron chi connectivity index (χ4n) is 1.60. The molecular weight excluding hydrogens is 209 g/mol. The van der Waals surface area contributed by atoms with Gasteiger partial charge in [-0.2, -0.15) is 13.2 Å². The molecule has 1 heterocycles. The molecule has 15 heavy (non-hydrogen) atoms. The molecule has 0 radical (unpaired) electrons. The average molecular weight is 216 g/mol. The Balaban J connectivity index is 2.44. The van der Waals surface area contributed by atoms with Gasteiger partial charge in [0.05, 0.1) is 6.61 Å². The van der Waals surface area contributed by atoms with E-state index >= 15 is 0 Å². The smallest absolute Gasteiger partial charge is 0.359 e. The van der Waals surface area contributed by atoms with Crippen LogP contribution in [0.2, 0.25) is 0 Å². The Bertz CT molecular complexity index is 398. The maximum atomic E-state index is 12.5. The van der Waals surface area contributed by atoms with Gasteiger partial charge >= 0.3 is 6.18 Å². The van der Waals surface area contributed by atoms with E-state index < -0.39 is 12.3 Å². The van der Waals surface area contributed by atoms with E-state index in [-0.39, 0.29) is 17.7 Å². The van der Waals surface area contributed by atoms with Crippen molar-refractivity contribution >= 4 is 6.29 Å². The summed E-state index contributed by atoms with van der Waals surface area (Å²) in [6.45, 7) is -0.0569. The monoisotopic (exact) mass is 216 g/mol. The standard InChI is InChI=1S/C10H7F3O2/c11-10(12,13)9-8-3-6(4-14)1-2-7(8)5-15-9/h1-4,9H,5H2. The second kappa shape index (κ2) is 3.34. The summed E-state index contributed by atoms with van der Waals surface area (Å²) in [5.74, 6) is 0. The SMILES string of the molecule is O=Cc1ccc2c(c1)C(C(F)(F)F)OC2. The average Bonchev–Trinajstić information content (AvgIpc) is 2.59. The van der Waals surface area contributed by atoms with Crippen LogP contribution in [0.15, 0.2) is 18.2 Å². The molecule has 2 rings (SSSR count). The second-order valence-corrected chi connectivity index (χ2v) is 3.31. The van der Waals surface area contributed by atoms with Crippen LogP contribution >= 0.6 is 0 Å². The van der Waals surface area contributed by atoms with Crippen molar-refractivity contribution in [1.29, 1.82) is 0 Å². The molecule has 1 aliphatic rings. The van der Waals surface area contributed by atoms with E-state index in [2.05, 4.69) is 4.74 Å². The number of aldehydes is 1. The summed E-state index contributed by atoms with van der Waals surface area (Å²) in [6.07, 6.45) is -5.80. The van der Waals surface area contributed by atoms with Crippen molar-refractivity contribution in [3.8, 4) is 0 Å². The topological polar surface area (TPSA) is 26.3 Å².